The monoisotopic (exact) mass is 341 g/mol. The second-order valence-corrected chi connectivity index (χ2v) is 7.16. The number of hydrogen-bond donors (Lipinski definition) is 1. The number of halogens is 1. The first-order valence-corrected chi connectivity index (χ1v) is 8.88. The Kier molecular flexibility index (Phi) is 4.36. The molecule has 5 heteroatoms. The summed E-state index contributed by atoms with van der Waals surface area (Å²) in [5.74, 6) is -0.478. The molecule has 0 fully saturated rings. The zero-order chi connectivity index (χ0) is 17.2. The summed E-state index contributed by atoms with van der Waals surface area (Å²) in [6.45, 7) is 1.95. The highest BCUT2D eigenvalue weighted by molar-refractivity contribution is 7.92. The van der Waals surface area contributed by atoms with Crippen LogP contribution in [0.15, 0.2) is 77.7 Å². The van der Waals surface area contributed by atoms with E-state index in [-0.39, 0.29) is 4.90 Å². The van der Waals surface area contributed by atoms with Crippen LogP contribution >= 0.6 is 0 Å². The number of hydrogen-bond acceptors (Lipinski definition) is 2. The van der Waals surface area contributed by atoms with Gasteiger partial charge in [-0.2, -0.15) is 0 Å². The van der Waals surface area contributed by atoms with Crippen molar-refractivity contribution in [2.75, 3.05) is 4.72 Å². The summed E-state index contributed by atoms with van der Waals surface area (Å²) in [7, 11) is -3.79. The summed E-state index contributed by atoms with van der Waals surface area (Å²) in [4.78, 5) is 0.0171. The van der Waals surface area contributed by atoms with Crippen molar-refractivity contribution in [1.29, 1.82) is 0 Å². The van der Waals surface area contributed by atoms with Crippen LogP contribution in [0.4, 0.5) is 10.1 Å². The lowest BCUT2D eigenvalue weighted by atomic mass is 10.0. The van der Waals surface area contributed by atoms with E-state index < -0.39 is 15.8 Å². The van der Waals surface area contributed by atoms with Crippen LogP contribution < -0.4 is 4.72 Å². The number of sulfonamides is 1. The summed E-state index contributed by atoms with van der Waals surface area (Å²) < 4.78 is 40.7. The van der Waals surface area contributed by atoms with Crippen LogP contribution in [0.1, 0.15) is 5.56 Å². The van der Waals surface area contributed by atoms with Crippen LogP contribution in [-0.4, -0.2) is 8.42 Å². The van der Waals surface area contributed by atoms with Crippen LogP contribution in [0, 0.1) is 12.7 Å². The fourth-order valence-electron chi connectivity index (χ4n) is 2.42. The average molecular weight is 341 g/mol. The number of nitrogens with one attached hydrogen (secondary N) is 1. The molecule has 24 heavy (non-hydrogen) atoms. The third kappa shape index (κ3) is 3.46. The van der Waals surface area contributed by atoms with Gasteiger partial charge in [0.05, 0.1) is 10.6 Å². The molecule has 122 valence electrons. The number of aryl methyl sites for hydroxylation is 1. The van der Waals surface area contributed by atoms with E-state index in [0.717, 1.165) is 28.8 Å². The molecule has 3 nitrogen and oxygen atoms in total. The molecule has 0 saturated heterocycles. The van der Waals surface area contributed by atoms with E-state index in [1.54, 1.807) is 6.07 Å². The van der Waals surface area contributed by atoms with Crippen molar-refractivity contribution >= 4 is 15.7 Å². The molecule has 3 aromatic rings. The van der Waals surface area contributed by atoms with Gasteiger partial charge < -0.3 is 0 Å². The average Bonchev–Trinajstić information content (AvgIpc) is 2.57. The van der Waals surface area contributed by atoms with E-state index in [2.05, 4.69) is 4.72 Å². The second-order valence-electron chi connectivity index (χ2n) is 5.47. The molecule has 0 aliphatic heterocycles. The molecule has 0 heterocycles. The van der Waals surface area contributed by atoms with Gasteiger partial charge in [-0.3, -0.25) is 4.72 Å². The molecule has 0 radical (unpaired) electrons. The molecule has 3 aromatic carbocycles. The van der Waals surface area contributed by atoms with Gasteiger partial charge in [-0.15, -0.1) is 0 Å². The van der Waals surface area contributed by atoms with Gasteiger partial charge in [0.25, 0.3) is 10.0 Å². The number of rotatable bonds is 4. The van der Waals surface area contributed by atoms with Crippen molar-refractivity contribution < 1.29 is 12.8 Å². The van der Waals surface area contributed by atoms with E-state index in [9.17, 15) is 12.8 Å². The van der Waals surface area contributed by atoms with Crippen LogP contribution in [0.2, 0.25) is 0 Å². The molecule has 1 N–H and O–H groups in total. The van der Waals surface area contributed by atoms with E-state index in [1.807, 2.05) is 49.4 Å². The van der Waals surface area contributed by atoms with Crippen molar-refractivity contribution in [3.8, 4) is 11.1 Å². The van der Waals surface area contributed by atoms with Crippen molar-refractivity contribution in [1.82, 2.24) is 0 Å². The van der Waals surface area contributed by atoms with Gasteiger partial charge in [0.15, 0.2) is 0 Å². The predicted molar refractivity (Wildman–Crippen MR) is 93.8 cm³/mol. The molecular formula is C19H16FNO2S. The molecule has 0 aliphatic rings. The van der Waals surface area contributed by atoms with Gasteiger partial charge in [-0.25, -0.2) is 12.8 Å². The third-order valence-electron chi connectivity index (χ3n) is 3.63. The molecule has 0 spiro atoms. The van der Waals surface area contributed by atoms with Gasteiger partial charge in [-0.1, -0.05) is 42.0 Å². The highest BCUT2D eigenvalue weighted by atomic mass is 32.2. The maximum atomic E-state index is 13.0. The summed E-state index contributed by atoms with van der Waals surface area (Å²) in [5, 5.41) is 0. The molecule has 3 rings (SSSR count). The Labute approximate surface area is 140 Å². The quantitative estimate of drug-likeness (QED) is 0.754. The standard InChI is InChI=1S/C19H16FNO2S/c1-14-7-12-19(18(13-14)15-5-3-2-4-6-15)21-24(22,23)17-10-8-16(20)9-11-17/h2-13,21H,1H3. The lowest BCUT2D eigenvalue weighted by molar-refractivity contribution is 0.599. The fraction of sp³-hybridized carbons (Fsp3) is 0.0526. The van der Waals surface area contributed by atoms with E-state index >= 15 is 0 Å². The molecule has 0 unspecified atom stereocenters. The zero-order valence-corrected chi connectivity index (χ0v) is 13.8. The molecule has 0 aliphatic carbocycles. The summed E-state index contributed by atoms with van der Waals surface area (Å²) in [5.41, 5.74) is 3.22. The first kappa shape index (κ1) is 16.2. The highest BCUT2D eigenvalue weighted by Crippen LogP contribution is 2.30. The summed E-state index contributed by atoms with van der Waals surface area (Å²) in [6.07, 6.45) is 0. The predicted octanol–water partition coefficient (Wildman–Crippen LogP) is 4.60. The second kappa shape index (κ2) is 6.45. The number of benzene rings is 3. The molecule has 0 bridgehead atoms. The van der Waals surface area contributed by atoms with Crippen LogP contribution in [0.5, 0.6) is 0 Å². The van der Waals surface area contributed by atoms with Crippen LogP contribution in [0.3, 0.4) is 0 Å². The lowest BCUT2D eigenvalue weighted by Crippen LogP contribution is -2.13. The first-order chi connectivity index (χ1) is 11.5. The van der Waals surface area contributed by atoms with Gasteiger partial charge >= 0.3 is 0 Å². The Morgan fingerprint density at radius 1 is 0.875 bits per heavy atom. The van der Waals surface area contributed by atoms with Crippen molar-refractivity contribution in [3.63, 3.8) is 0 Å². The first-order valence-electron chi connectivity index (χ1n) is 7.40. The maximum absolute atomic E-state index is 13.0. The molecule has 0 saturated carbocycles. The van der Waals surface area contributed by atoms with Gasteiger partial charge in [0.2, 0.25) is 0 Å². The minimum atomic E-state index is -3.79. The minimum absolute atomic E-state index is 0.0171. The number of anilines is 1. The Balaban J connectivity index is 2.03. The van der Waals surface area contributed by atoms with E-state index in [4.69, 9.17) is 0 Å². The van der Waals surface area contributed by atoms with Crippen molar-refractivity contribution in [3.05, 3.63) is 84.2 Å². The van der Waals surface area contributed by atoms with Gasteiger partial charge in [0.1, 0.15) is 5.82 Å². The molecule has 0 atom stereocenters. The van der Waals surface area contributed by atoms with Crippen molar-refractivity contribution in [2.45, 2.75) is 11.8 Å². The summed E-state index contributed by atoms with van der Waals surface area (Å²) in [6, 6.07) is 19.8. The largest absolute Gasteiger partial charge is 0.279 e. The summed E-state index contributed by atoms with van der Waals surface area (Å²) >= 11 is 0. The third-order valence-corrected chi connectivity index (χ3v) is 5.01. The topological polar surface area (TPSA) is 46.2 Å². The highest BCUT2D eigenvalue weighted by Gasteiger charge is 2.16. The SMILES string of the molecule is Cc1ccc(NS(=O)(=O)c2ccc(F)cc2)c(-c2ccccc2)c1. The Bertz CT molecular complexity index is 952. The van der Waals surface area contributed by atoms with Crippen molar-refractivity contribution in [2.24, 2.45) is 0 Å². The molecule has 0 aromatic heterocycles. The fourth-order valence-corrected chi connectivity index (χ4v) is 3.50. The Morgan fingerprint density at radius 3 is 2.21 bits per heavy atom. The van der Waals surface area contributed by atoms with Gasteiger partial charge in [0, 0.05) is 5.56 Å². The maximum Gasteiger partial charge on any atom is 0.261 e. The normalized spacial score (nSPS) is 11.2. The molecular weight excluding hydrogens is 325 g/mol. The minimum Gasteiger partial charge on any atom is -0.279 e. The van der Waals surface area contributed by atoms with E-state index in [1.165, 1.54) is 12.1 Å². The smallest absolute Gasteiger partial charge is 0.261 e. The van der Waals surface area contributed by atoms with E-state index in [0.29, 0.717) is 5.69 Å². The Morgan fingerprint density at radius 2 is 1.54 bits per heavy atom. The van der Waals surface area contributed by atoms with Gasteiger partial charge in [-0.05, 0) is 48.9 Å². The Hall–Kier alpha value is -2.66. The zero-order valence-electron chi connectivity index (χ0n) is 13.0. The van der Waals surface area contributed by atoms with Crippen LogP contribution in [-0.2, 0) is 10.0 Å². The van der Waals surface area contributed by atoms with Crippen LogP contribution in [0.25, 0.3) is 11.1 Å². The molecule has 0 amide bonds. The lowest BCUT2D eigenvalue weighted by Gasteiger charge is -2.14.